The summed E-state index contributed by atoms with van der Waals surface area (Å²) in [6.07, 6.45) is 1.83. The molecule has 0 N–H and O–H groups in total. The van der Waals surface area contributed by atoms with E-state index in [1.807, 2.05) is 43.3 Å². The van der Waals surface area contributed by atoms with Gasteiger partial charge in [0, 0.05) is 5.56 Å². The van der Waals surface area contributed by atoms with E-state index in [4.69, 9.17) is 4.42 Å². The Labute approximate surface area is 83.7 Å². The maximum atomic E-state index is 5.53. The Hall–Kier alpha value is -1.76. The molecule has 0 saturated carbocycles. The van der Waals surface area contributed by atoms with Crippen LogP contribution in [0.15, 0.2) is 47.4 Å². The van der Waals surface area contributed by atoms with Gasteiger partial charge in [0.2, 0.25) is 0 Å². The average Bonchev–Trinajstić information content (AvgIpc) is 2.65. The van der Waals surface area contributed by atoms with Gasteiger partial charge in [-0.2, -0.15) is 0 Å². The van der Waals surface area contributed by atoms with Crippen molar-refractivity contribution in [3.8, 4) is 11.3 Å². The molecule has 2 rings (SSSR count). The Bertz CT molecular complexity index is 452. The van der Waals surface area contributed by atoms with Gasteiger partial charge in [-0.05, 0) is 30.7 Å². The number of rotatable bonds is 2. The molecule has 1 nitrogen and oxygen atoms in total. The van der Waals surface area contributed by atoms with Crippen LogP contribution in [0.2, 0.25) is 0 Å². The Morgan fingerprint density at radius 3 is 2.71 bits per heavy atom. The lowest BCUT2D eigenvalue weighted by Gasteiger charge is -1.98. The third-order valence-corrected chi connectivity index (χ3v) is 2.15. The molecule has 0 atom stereocenters. The van der Waals surface area contributed by atoms with Gasteiger partial charge in [-0.15, -0.1) is 0 Å². The van der Waals surface area contributed by atoms with E-state index in [0.717, 1.165) is 22.6 Å². The van der Waals surface area contributed by atoms with Gasteiger partial charge in [-0.3, -0.25) is 0 Å². The Balaban J connectivity index is 2.46. The van der Waals surface area contributed by atoms with E-state index in [-0.39, 0.29) is 0 Å². The van der Waals surface area contributed by atoms with E-state index < -0.39 is 0 Å². The van der Waals surface area contributed by atoms with Gasteiger partial charge < -0.3 is 4.42 Å². The van der Waals surface area contributed by atoms with Crippen molar-refractivity contribution in [1.29, 1.82) is 0 Å². The highest BCUT2D eigenvalue weighted by molar-refractivity contribution is 5.62. The summed E-state index contributed by atoms with van der Waals surface area (Å²) in [5.41, 5.74) is 2.20. The highest BCUT2D eigenvalue weighted by Crippen LogP contribution is 2.22. The van der Waals surface area contributed by atoms with Crippen molar-refractivity contribution in [3.05, 3.63) is 54.3 Å². The maximum Gasteiger partial charge on any atom is 0.134 e. The maximum absolute atomic E-state index is 5.53. The first-order chi connectivity index (χ1) is 6.79. The molecule has 0 saturated heterocycles. The Morgan fingerprint density at radius 2 is 2.07 bits per heavy atom. The predicted octanol–water partition coefficient (Wildman–Crippen LogP) is 3.90. The van der Waals surface area contributed by atoms with Crippen LogP contribution in [0, 0.1) is 6.92 Å². The molecule has 0 aliphatic rings. The number of furan rings is 1. The molecule has 0 fully saturated rings. The summed E-state index contributed by atoms with van der Waals surface area (Å²) in [5, 5.41) is 0. The van der Waals surface area contributed by atoms with Gasteiger partial charge in [-0.1, -0.05) is 30.9 Å². The lowest BCUT2D eigenvalue weighted by molar-refractivity contribution is 0.548. The second kappa shape index (κ2) is 3.54. The SMILES string of the molecule is C=Cc1cccc(-c2ccc(C)o2)c1. The molecule has 70 valence electrons. The van der Waals surface area contributed by atoms with Gasteiger partial charge >= 0.3 is 0 Å². The number of benzene rings is 1. The number of hydrogen-bond donors (Lipinski definition) is 0. The lowest BCUT2D eigenvalue weighted by atomic mass is 10.1. The fourth-order valence-corrected chi connectivity index (χ4v) is 1.41. The quantitative estimate of drug-likeness (QED) is 0.690. The minimum atomic E-state index is 0.909. The highest BCUT2D eigenvalue weighted by atomic mass is 16.3. The third kappa shape index (κ3) is 1.62. The molecule has 1 heterocycles. The van der Waals surface area contributed by atoms with Crippen LogP contribution in [0.4, 0.5) is 0 Å². The van der Waals surface area contributed by atoms with Gasteiger partial charge in [0.25, 0.3) is 0 Å². The smallest absolute Gasteiger partial charge is 0.134 e. The topological polar surface area (TPSA) is 13.1 Å². The standard InChI is InChI=1S/C13H12O/c1-3-11-5-4-6-12(9-11)13-8-7-10(2)14-13/h3-9H,1H2,2H3. The molecule has 1 heteroatoms. The van der Waals surface area contributed by atoms with E-state index in [9.17, 15) is 0 Å². The van der Waals surface area contributed by atoms with Gasteiger partial charge in [0.15, 0.2) is 0 Å². The van der Waals surface area contributed by atoms with Gasteiger partial charge in [0.05, 0.1) is 0 Å². The monoisotopic (exact) mass is 184 g/mol. The van der Waals surface area contributed by atoms with Crippen molar-refractivity contribution in [2.24, 2.45) is 0 Å². The third-order valence-electron chi connectivity index (χ3n) is 2.15. The molecule has 0 amide bonds. The molecule has 14 heavy (non-hydrogen) atoms. The molecule has 0 bridgehead atoms. The minimum absolute atomic E-state index is 0.909. The van der Waals surface area contributed by atoms with Gasteiger partial charge in [0.1, 0.15) is 11.5 Å². The van der Waals surface area contributed by atoms with Crippen molar-refractivity contribution in [2.45, 2.75) is 6.92 Å². The molecule has 1 aromatic heterocycles. The van der Waals surface area contributed by atoms with Crippen molar-refractivity contribution in [2.75, 3.05) is 0 Å². The molecule has 0 radical (unpaired) electrons. The Morgan fingerprint density at radius 1 is 1.21 bits per heavy atom. The number of aryl methyl sites for hydroxylation is 1. The normalized spacial score (nSPS) is 10.1. The Kier molecular flexibility index (Phi) is 2.23. The summed E-state index contributed by atoms with van der Waals surface area (Å²) in [6.45, 7) is 5.69. The van der Waals surface area contributed by atoms with E-state index in [0.29, 0.717) is 0 Å². The highest BCUT2D eigenvalue weighted by Gasteiger charge is 2.01. The molecule has 0 spiro atoms. The van der Waals surface area contributed by atoms with Crippen LogP contribution < -0.4 is 0 Å². The summed E-state index contributed by atoms with van der Waals surface area (Å²) in [5.74, 6) is 1.84. The molecular formula is C13H12O. The largest absolute Gasteiger partial charge is 0.461 e. The number of hydrogen-bond acceptors (Lipinski definition) is 1. The molecule has 2 aromatic rings. The fourth-order valence-electron chi connectivity index (χ4n) is 1.41. The van der Waals surface area contributed by atoms with Gasteiger partial charge in [-0.25, -0.2) is 0 Å². The first-order valence-electron chi connectivity index (χ1n) is 4.59. The second-order valence-corrected chi connectivity index (χ2v) is 3.24. The van der Waals surface area contributed by atoms with Crippen molar-refractivity contribution < 1.29 is 4.42 Å². The van der Waals surface area contributed by atoms with Crippen LogP contribution >= 0.6 is 0 Å². The zero-order valence-electron chi connectivity index (χ0n) is 8.16. The van der Waals surface area contributed by atoms with E-state index in [1.54, 1.807) is 0 Å². The van der Waals surface area contributed by atoms with E-state index in [2.05, 4.69) is 12.6 Å². The predicted molar refractivity (Wildman–Crippen MR) is 59.0 cm³/mol. The van der Waals surface area contributed by atoms with Crippen LogP contribution in [0.3, 0.4) is 0 Å². The van der Waals surface area contributed by atoms with Crippen LogP contribution in [-0.4, -0.2) is 0 Å². The zero-order chi connectivity index (χ0) is 9.97. The summed E-state index contributed by atoms with van der Waals surface area (Å²) in [6, 6.07) is 12.1. The summed E-state index contributed by atoms with van der Waals surface area (Å²) < 4.78 is 5.53. The summed E-state index contributed by atoms with van der Waals surface area (Å²) >= 11 is 0. The first kappa shape index (κ1) is 8.82. The molecule has 0 aliphatic heterocycles. The van der Waals surface area contributed by atoms with Crippen LogP contribution in [-0.2, 0) is 0 Å². The summed E-state index contributed by atoms with van der Waals surface area (Å²) in [4.78, 5) is 0. The van der Waals surface area contributed by atoms with Crippen LogP contribution in [0.1, 0.15) is 11.3 Å². The van der Waals surface area contributed by atoms with Crippen LogP contribution in [0.5, 0.6) is 0 Å². The zero-order valence-corrected chi connectivity index (χ0v) is 8.16. The molecule has 0 aliphatic carbocycles. The first-order valence-corrected chi connectivity index (χ1v) is 4.59. The molecule has 0 unspecified atom stereocenters. The van der Waals surface area contributed by atoms with Crippen molar-refractivity contribution in [3.63, 3.8) is 0 Å². The fraction of sp³-hybridized carbons (Fsp3) is 0.0769. The minimum Gasteiger partial charge on any atom is -0.461 e. The summed E-state index contributed by atoms with van der Waals surface area (Å²) in [7, 11) is 0. The average molecular weight is 184 g/mol. The van der Waals surface area contributed by atoms with E-state index >= 15 is 0 Å². The molecular weight excluding hydrogens is 172 g/mol. The van der Waals surface area contributed by atoms with Crippen LogP contribution in [0.25, 0.3) is 17.4 Å². The molecule has 1 aromatic carbocycles. The van der Waals surface area contributed by atoms with Crippen molar-refractivity contribution >= 4 is 6.08 Å². The lowest BCUT2D eigenvalue weighted by Crippen LogP contribution is -1.75. The van der Waals surface area contributed by atoms with Crippen molar-refractivity contribution in [1.82, 2.24) is 0 Å². The van der Waals surface area contributed by atoms with E-state index in [1.165, 1.54) is 0 Å². The second-order valence-electron chi connectivity index (χ2n) is 3.24.